The zero-order chi connectivity index (χ0) is 22.8. The summed E-state index contributed by atoms with van der Waals surface area (Å²) in [6, 6.07) is 15.9. The lowest BCUT2D eigenvalue weighted by Crippen LogP contribution is -2.43. The molecule has 4 rings (SSSR count). The van der Waals surface area contributed by atoms with Gasteiger partial charge in [0.1, 0.15) is 6.61 Å². The molecule has 1 aliphatic heterocycles. The Morgan fingerprint density at radius 1 is 1.09 bits per heavy atom. The number of amides is 2. The van der Waals surface area contributed by atoms with Crippen LogP contribution in [0.2, 0.25) is 0 Å². The van der Waals surface area contributed by atoms with Crippen LogP contribution in [0.1, 0.15) is 37.3 Å². The number of carboxylic acid groups (broad SMARTS) is 1. The molecule has 3 unspecified atom stereocenters. The molecule has 1 heterocycles. The molecule has 0 aromatic heterocycles. The van der Waals surface area contributed by atoms with Crippen molar-refractivity contribution in [3.8, 4) is 11.1 Å². The maximum absolute atomic E-state index is 12.7. The molecule has 2 aromatic rings. The molecule has 2 amide bonds. The number of rotatable bonds is 6. The number of carbonyl (C=O) groups excluding carboxylic acids is 2. The highest BCUT2D eigenvalue weighted by atomic mass is 16.5. The van der Waals surface area contributed by atoms with E-state index in [1.165, 1.54) is 0 Å². The summed E-state index contributed by atoms with van der Waals surface area (Å²) in [5.41, 5.74) is 4.61. The first-order chi connectivity index (χ1) is 15.4. The van der Waals surface area contributed by atoms with Gasteiger partial charge in [0.15, 0.2) is 0 Å². The molecule has 2 N–H and O–H groups in total. The predicted molar refractivity (Wildman–Crippen MR) is 119 cm³/mol. The fourth-order valence-corrected chi connectivity index (χ4v) is 4.84. The van der Waals surface area contributed by atoms with Crippen molar-refractivity contribution >= 4 is 18.0 Å². The first kappa shape index (κ1) is 21.9. The topological polar surface area (TPSA) is 95.9 Å². The molecule has 168 valence electrons. The van der Waals surface area contributed by atoms with E-state index in [9.17, 15) is 19.5 Å². The Morgan fingerprint density at radius 2 is 1.69 bits per heavy atom. The van der Waals surface area contributed by atoms with Crippen molar-refractivity contribution in [1.29, 1.82) is 0 Å². The van der Waals surface area contributed by atoms with Crippen LogP contribution in [0.25, 0.3) is 11.1 Å². The third-order valence-corrected chi connectivity index (χ3v) is 6.67. The molecule has 1 saturated heterocycles. The third kappa shape index (κ3) is 4.07. The van der Waals surface area contributed by atoms with Crippen molar-refractivity contribution < 1.29 is 24.2 Å². The van der Waals surface area contributed by atoms with Gasteiger partial charge in [0.05, 0.1) is 11.8 Å². The van der Waals surface area contributed by atoms with E-state index in [1.54, 1.807) is 18.7 Å². The normalized spacial score (nSPS) is 20.4. The monoisotopic (exact) mass is 436 g/mol. The van der Waals surface area contributed by atoms with Crippen LogP contribution in [-0.4, -0.2) is 53.7 Å². The molecule has 0 saturated carbocycles. The summed E-state index contributed by atoms with van der Waals surface area (Å²) in [4.78, 5) is 37.9. The SMILES string of the molecule is CC(CNC(=O)OCC1c2ccccc2-c2ccccc21)C(=O)N1CCC(C(=O)O)C1C. The van der Waals surface area contributed by atoms with Crippen LogP contribution in [-0.2, 0) is 14.3 Å². The van der Waals surface area contributed by atoms with Crippen molar-refractivity contribution in [2.24, 2.45) is 11.8 Å². The van der Waals surface area contributed by atoms with Gasteiger partial charge in [-0.2, -0.15) is 0 Å². The van der Waals surface area contributed by atoms with E-state index < -0.39 is 23.9 Å². The molecule has 0 radical (unpaired) electrons. The highest BCUT2D eigenvalue weighted by molar-refractivity contribution is 5.82. The van der Waals surface area contributed by atoms with E-state index in [4.69, 9.17) is 4.74 Å². The minimum atomic E-state index is -0.878. The molecule has 2 aliphatic rings. The number of carbonyl (C=O) groups is 3. The first-order valence-corrected chi connectivity index (χ1v) is 11.0. The first-order valence-electron chi connectivity index (χ1n) is 11.0. The molecule has 7 nitrogen and oxygen atoms in total. The smallest absolute Gasteiger partial charge is 0.407 e. The average molecular weight is 437 g/mol. The number of likely N-dealkylation sites (tertiary alicyclic amines) is 1. The number of carboxylic acids is 1. The van der Waals surface area contributed by atoms with Crippen LogP contribution < -0.4 is 5.32 Å². The summed E-state index contributed by atoms with van der Waals surface area (Å²) >= 11 is 0. The Kier molecular flexibility index (Phi) is 6.17. The van der Waals surface area contributed by atoms with Gasteiger partial charge in [-0.05, 0) is 35.6 Å². The van der Waals surface area contributed by atoms with E-state index in [1.807, 2.05) is 24.3 Å². The van der Waals surface area contributed by atoms with E-state index >= 15 is 0 Å². The fourth-order valence-electron chi connectivity index (χ4n) is 4.84. The van der Waals surface area contributed by atoms with Crippen molar-refractivity contribution in [3.05, 3.63) is 59.7 Å². The minimum Gasteiger partial charge on any atom is -0.481 e. The van der Waals surface area contributed by atoms with Gasteiger partial charge in [-0.1, -0.05) is 55.5 Å². The number of nitrogens with one attached hydrogen (secondary N) is 1. The van der Waals surface area contributed by atoms with Crippen LogP contribution in [0.4, 0.5) is 4.79 Å². The molecule has 3 atom stereocenters. The van der Waals surface area contributed by atoms with Crippen LogP contribution in [0.15, 0.2) is 48.5 Å². The number of hydrogen-bond acceptors (Lipinski definition) is 4. The second kappa shape index (κ2) is 9.02. The summed E-state index contributed by atoms with van der Waals surface area (Å²) in [7, 11) is 0. The molecule has 0 bridgehead atoms. The van der Waals surface area contributed by atoms with Gasteiger partial charge >= 0.3 is 12.1 Å². The van der Waals surface area contributed by atoms with Gasteiger partial charge in [0.25, 0.3) is 0 Å². The van der Waals surface area contributed by atoms with Gasteiger partial charge in [0.2, 0.25) is 5.91 Å². The molecule has 0 spiro atoms. The number of aliphatic carboxylic acids is 1. The van der Waals surface area contributed by atoms with Crippen molar-refractivity contribution in [2.75, 3.05) is 19.7 Å². The summed E-state index contributed by atoms with van der Waals surface area (Å²) in [6.45, 7) is 4.26. The summed E-state index contributed by atoms with van der Waals surface area (Å²) in [5, 5.41) is 11.9. The lowest BCUT2D eigenvalue weighted by molar-refractivity contribution is -0.143. The molecular formula is C25H28N2O5. The van der Waals surface area contributed by atoms with E-state index in [-0.39, 0.29) is 31.0 Å². The molecule has 2 aromatic carbocycles. The maximum atomic E-state index is 12.7. The Bertz CT molecular complexity index is 991. The van der Waals surface area contributed by atoms with Crippen molar-refractivity contribution in [2.45, 2.75) is 32.2 Å². The largest absolute Gasteiger partial charge is 0.481 e. The van der Waals surface area contributed by atoms with Gasteiger partial charge in [-0.15, -0.1) is 0 Å². The third-order valence-electron chi connectivity index (χ3n) is 6.67. The van der Waals surface area contributed by atoms with Crippen LogP contribution >= 0.6 is 0 Å². The average Bonchev–Trinajstić information content (AvgIpc) is 3.33. The highest BCUT2D eigenvalue weighted by Crippen LogP contribution is 2.44. The van der Waals surface area contributed by atoms with E-state index in [0.717, 1.165) is 22.3 Å². The zero-order valence-electron chi connectivity index (χ0n) is 18.3. The predicted octanol–water partition coefficient (Wildman–Crippen LogP) is 3.48. The van der Waals surface area contributed by atoms with Crippen molar-refractivity contribution in [3.63, 3.8) is 0 Å². The molecular weight excluding hydrogens is 408 g/mol. The Hall–Kier alpha value is -3.35. The Balaban J connectivity index is 1.31. The quantitative estimate of drug-likeness (QED) is 0.723. The second-order valence-electron chi connectivity index (χ2n) is 8.61. The fraction of sp³-hybridized carbons (Fsp3) is 0.400. The lowest BCUT2D eigenvalue weighted by atomic mass is 9.98. The standard InChI is InChI=1S/C25H28N2O5/c1-15(23(28)27-12-11-17(16(27)2)24(29)30)13-26-25(31)32-14-22-20-9-5-3-7-18(20)19-8-4-6-10-21(19)22/h3-10,15-17,22H,11-14H2,1-2H3,(H,26,31)(H,29,30). The van der Waals surface area contributed by atoms with Gasteiger partial charge in [0, 0.05) is 25.0 Å². The Morgan fingerprint density at radius 3 is 2.25 bits per heavy atom. The number of benzene rings is 2. The Labute approximate surface area is 187 Å². The van der Waals surface area contributed by atoms with Crippen LogP contribution in [0.5, 0.6) is 0 Å². The van der Waals surface area contributed by atoms with E-state index in [2.05, 4.69) is 29.6 Å². The number of hydrogen-bond donors (Lipinski definition) is 2. The lowest BCUT2D eigenvalue weighted by Gasteiger charge is -2.26. The number of nitrogens with zero attached hydrogens (tertiary/aromatic N) is 1. The van der Waals surface area contributed by atoms with Gasteiger partial charge < -0.3 is 20.1 Å². The van der Waals surface area contributed by atoms with Crippen molar-refractivity contribution in [1.82, 2.24) is 10.2 Å². The maximum Gasteiger partial charge on any atom is 0.407 e. The molecule has 1 aliphatic carbocycles. The summed E-state index contributed by atoms with van der Waals surface area (Å²) in [5.74, 6) is -2.06. The van der Waals surface area contributed by atoms with Gasteiger partial charge in [-0.25, -0.2) is 4.79 Å². The summed E-state index contributed by atoms with van der Waals surface area (Å²) < 4.78 is 5.51. The van der Waals surface area contributed by atoms with E-state index in [0.29, 0.717) is 13.0 Å². The van der Waals surface area contributed by atoms with Gasteiger partial charge in [-0.3, -0.25) is 9.59 Å². The molecule has 1 fully saturated rings. The number of fused-ring (bicyclic) bond motifs is 3. The number of ether oxygens (including phenoxy) is 1. The number of alkyl carbamates (subject to hydrolysis) is 1. The molecule has 7 heteroatoms. The highest BCUT2D eigenvalue weighted by Gasteiger charge is 2.39. The van der Waals surface area contributed by atoms with Crippen LogP contribution in [0.3, 0.4) is 0 Å². The summed E-state index contributed by atoms with van der Waals surface area (Å²) in [6.07, 6.45) is -0.112. The second-order valence-corrected chi connectivity index (χ2v) is 8.61. The van der Waals surface area contributed by atoms with Crippen LogP contribution in [0, 0.1) is 11.8 Å². The zero-order valence-corrected chi connectivity index (χ0v) is 18.3. The molecule has 32 heavy (non-hydrogen) atoms. The minimum absolute atomic E-state index is 0.0226.